The first-order valence-corrected chi connectivity index (χ1v) is 7.75. The molecule has 1 atom stereocenters. The number of hydrogen-bond donors (Lipinski definition) is 1. The normalized spacial score (nSPS) is 12.6. The van der Waals surface area contributed by atoms with Crippen molar-refractivity contribution >= 4 is 22.7 Å². The van der Waals surface area contributed by atoms with Crippen molar-refractivity contribution in [3.05, 3.63) is 32.4 Å². The Morgan fingerprint density at radius 2 is 2.22 bits per heavy atom. The number of rotatable bonds is 6. The Balaban J connectivity index is 2.12. The molecule has 0 saturated carbocycles. The van der Waals surface area contributed by atoms with Gasteiger partial charge in [0.25, 0.3) is 0 Å². The van der Waals surface area contributed by atoms with E-state index in [4.69, 9.17) is 4.74 Å². The lowest BCUT2D eigenvalue weighted by molar-refractivity contribution is 0.415. The molecule has 0 aliphatic heterocycles. The minimum Gasteiger partial charge on any atom is -0.496 e. The average molecular weight is 282 g/mol. The van der Waals surface area contributed by atoms with Crippen molar-refractivity contribution in [1.29, 1.82) is 0 Å². The summed E-state index contributed by atoms with van der Waals surface area (Å²) in [5, 5.41) is 8.85. The van der Waals surface area contributed by atoms with Crippen LogP contribution in [0.2, 0.25) is 0 Å². The number of thiazole rings is 1. The summed E-state index contributed by atoms with van der Waals surface area (Å²) in [6.07, 6.45) is 0.940. The molecule has 2 aromatic heterocycles. The van der Waals surface area contributed by atoms with Gasteiger partial charge in [0.1, 0.15) is 5.75 Å². The Bertz CT molecular complexity index is 493. The Morgan fingerprint density at radius 3 is 2.78 bits per heavy atom. The second-order valence-corrected chi connectivity index (χ2v) is 5.97. The van der Waals surface area contributed by atoms with Crippen molar-refractivity contribution in [1.82, 2.24) is 10.3 Å². The van der Waals surface area contributed by atoms with Gasteiger partial charge < -0.3 is 10.1 Å². The molecule has 0 fully saturated rings. The van der Waals surface area contributed by atoms with Crippen LogP contribution >= 0.6 is 22.7 Å². The zero-order valence-corrected chi connectivity index (χ0v) is 12.5. The van der Waals surface area contributed by atoms with Crippen LogP contribution < -0.4 is 10.1 Å². The van der Waals surface area contributed by atoms with Gasteiger partial charge in [0.2, 0.25) is 0 Å². The molecule has 1 N–H and O–H groups in total. The molecule has 0 bridgehead atoms. The molecule has 0 aliphatic carbocycles. The molecule has 0 spiro atoms. The first-order valence-electron chi connectivity index (χ1n) is 5.99. The van der Waals surface area contributed by atoms with E-state index in [1.54, 1.807) is 29.8 Å². The number of hydrogen-bond acceptors (Lipinski definition) is 5. The van der Waals surface area contributed by atoms with E-state index < -0.39 is 0 Å². The maximum Gasteiger partial charge on any atom is 0.129 e. The molecule has 5 heteroatoms. The van der Waals surface area contributed by atoms with Crippen LogP contribution in [0.25, 0.3) is 0 Å². The van der Waals surface area contributed by atoms with E-state index in [-0.39, 0.29) is 0 Å². The quantitative estimate of drug-likeness (QED) is 0.881. The summed E-state index contributed by atoms with van der Waals surface area (Å²) >= 11 is 3.47. The predicted molar refractivity (Wildman–Crippen MR) is 77.8 cm³/mol. The van der Waals surface area contributed by atoms with Crippen molar-refractivity contribution in [3.63, 3.8) is 0 Å². The van der Waals surface area contributed by atoms with Gasteiger partial charge in [-0.15, -0.1) is 22.7 Å². The highest BCUT2D eigenvalue weighted by Gasteiger charge is 2.15. The van der Waals surface area contributed by atoms with Crippen LogP contribution in [0, 0.1) is 6.92 Å². The molecule has 98 valence electrons. The molecule has 3 nitrogen and oxygen atoms in total. The van der Waals surface area contributed by atoms with E-state index in [2.05, 4.69) is 28.7 Å². The molecule has 0 amide bonds. The van der Waals surface area contributed by atoms with Crippen LogP contribution in [-0.2, 0) is 6.42 Å². The number of likely N-dealkylation sites (N-methyl/N-ethyl adjacent to an activating group) is 1. The molecule has 2 aromatic rings. The largest absolute Gasteiger partial charge is 0.496 e. The third kappa shape index (κ3) is 3.31. The standard InChI is InChI=1S/C13H18N2OS2/c1-4-14-11(6-13-15-9(2)7-18-13)12-5-10(16-3)8-17-12/h5,7-8,11,14H,4,6H2,1-3H3. The highest BCUT2D eigenvalue weighted by molar-refractivity contribution is 7.10. The van der Waals surface area contributed by atoms with Crippen molar-refractivity contribution in [2.24, 2.45) is 0 Å². The minimum absolute atomic E-state index is 0.328. The van der Waals surface area contributed by atoms with Crippen LogP contribution in [-0.4, -0.2) is 18.6 Å². The minimum atomic E-state index is 0.328. The predicted octanol–water partition coefficient (Wildman–Crippen LogP) is 3.41. The number of aryl methyl sites for hydroxylation is 1. The monoisotopic (exact) mass is 282 g/mol. The Morgan fingerprint density at radius 1 is 1.39 bits per heavy atom. The highest BCUT2D eigenvalue weighted by Crippen LogP contribution is 2.29. The van der Waals surface area contributed by atoms with Crippen molar-refractivity contribution in [3.8, 4) is 5.75 Å². The van der Waals surface area contributed by atoms with Crippen LogP contribution in [0.3, 0.4) is 0 Å². The van der Waals surface area contributed by atoms with Gasteiger partial charge in [0.15, 0.2) is 0 Å². The Labute approximate surface area is 116 Å². The molecular weight excluding hydrogens is 264 g/mol. The lowest BCUT2D eigenvalue weighted by Gasteiger charge is -2.14. The number of nitrogens with one attached hydrogen (secondary N) is 1. The molecular formula is C13H18N2OS2. The van der Waals surface area contributed by atoms with Gasteiger partial charge in [-0.1, -0.05) is 6.92 Å². The smallest absolute Gasteiger partial charge is 0.129 e. The maximum atomic E-state index is 5.25. The second kappa shape index (κ2) is 6.31. The Hall–Kier alpha value is -0.910. The van der Waals surface area contributed by atoms with E-state index in [0.717, 1.165) is 24.4 Å². The Kier molecular flexibility index (Phi) is 4.74. The third-order valence-corrected chi connectivity index (χ3v) is 4.68. The fraction of sp³-hybridized carbons (Fsp3) is 0.462. The molecule has 0 aromatic carbocycles. The van der Waals surface area contributed by atoms with Gasteiger partial charge in [0.05, 0.1) is 12.1 Å². The SMILES string of the molecule is CCNC(Cc1nc(C)cs1)c1cc(OC)cs1. The van der Waals surface area contributed by atoms with E-state index in [9.17, 15) is 0 Å². The molecule has 0 radical (unpaired) electrons. The van der Waals surface area contributed by atoms with E-state index in [0.29, 0.717) is 6.04 Å². The number of methoxy groups -OCH3 is 1. The summed E-state index contributed by atoms with van der Waals surface area (Å²) in [7, 11) is 1.71. The number of nitrogens with zero attached hydrogens (tertiary/aromatic N) is 1. The summed E-state index contributed by atoms with van der Waals surface area (Å²) in [6.45, 7) is 5.12. The van der Waals surface area contributed by atoms with Gasteiger partial charge in [-0.05, 0) is 19.5 Å². The molecule has 1 unspecified atom stereocenters. The zero-order valence-electron chi connectivity index (χ0n) is 10.9. The maximum absolute atomic E-state index is 5.25. The summed E-state index contributed by atoms with van der Waals surface area (Å²) < 4.78 is 5.25. The van der Waals surface area contributed by atoms with Crippen LogP contribution in [0.1, 0.15) is 28.5 Å². The highest BCUT2D eigenvalue weighted by atomic mass is 32.1. The van der Waals surface area contributed by atoms with Crippen LogP contribution in [0.15, 0.2) is 16.8 Å². The zero-order chi connectivity index (χ0) is 13.0. The van der Waals surface area contributed by atoms with Crippen LogP contribution in [0.4, 0.5) is 0 Å². The van der Waals surface area contributed by atoms with E-state index in [1.807, 2.05) is 12.3 Å². The molecule has 2 heterocycles. The lowest BCUT2D eigenvalue weighted by Crippen LogP contribution is -2.22. The fourth-order valence-corrected chi connectivity index (χ4v) is 3.57. The second-order valence-electron chi connectivity index (χ2n) is 4.09. The molecule has 0 aliphatic rings. The number of aromatic nitrogens is 1. The summed E-state index contributed by atoms with van der Waals surface area (Å²) in [5.41, 5.74) is 1.11. The summed E-state index contributed by atoms with van der Waals surface area (Å²) in [5.74, 6) is 0.938. The van der Waals surface area contributed by atoms with Gasteiger partial charge in [0, 0.05) is 33.8 Å². The van der Waals surface area contributed by atoms with Gasteiger partial charge in [-0.2, -0.15) is 0 Å². The fourth-order valence-electron chi connectivity index (χ4n) is 1.81. The average Bonchev–Trinajstić information content (AvgIpc) is 2.97. The van der Waals surface area contributed by atoms with Gasteiger partial charge in [-0.3, -0.25) is 0 Å². The van der Waals surface area contributed by atoms with Crippen molar-refractivity contribution < 1.29 is 4.74 Å². The first kappa shape index (κ1) is 13.5. The third-order valence-electron chi connectivity index (χ3n) is 2.67. The van der Waals surface area contributed by atoms with Gasteiger partial charge in [-0.25, -0.2) is 4.98 Å². The van der Waals surface area contributed by atoms with Crippen molar-refractivity contribution in [2.75, 3.05) is 13.7 Å². The van der Waals surface area contributed by atoms with E-state index in [1.165, 1.54) is 9.88 Å². The van der Waals surface area contributed by atoms with E-state index >= 15 is 0 Å². The topological polar surface area (TPSA) is 34.2 Å². The summed E-state index contributed by atoms with van der Waals surface area (Å²) in [6, 6.07) is 2.44. The number of ether oxygens (including phenoxy) is 1. The van der Waals surface area contributed by atoms with Crippen molar-refractivity contribution in [2.45, 2.75) is 26.3 Å². The molecule has 0 saturated heterocycles. The lowest BCUT2D eigenvalue weighted by atomic mass is 10.1. The molecule has 18 heavy (non-hydrogen) atoms. The number of thiophene rings is 1. The van der Waals surface area contributed by atoms with Crippen LogP contribution in [0.5, 0.6) is 5.75 Å². The molecule has 2 rings (SSSR count). The van der Waals surface area contributed by atoms with Gasteiger partial charge >= 0.3 is 0 Å². The first-order chi connectivity index (χ1) is 8.72. The summed E-state index contributed by atoms with van der Waals surface area (Å²) in [4.78, 5) is 5.84.